The van der Waals surface area contributed by atoms with Crippen molar-refractivity contribution >= 4 is 0 Å². The molecule has 1 aromatic rings. The number of aliphatic hydroxyl groups is 1. The summed E-state index contributed by atoms with van der Waals surface area (Å²) in [5.41, 5.74) is 1.35. The molecule has 1 N–H and O–H groups in total. The smallest absolute Gasteiger partial charge is 0.121 e. The van der Waals surface area contributed by atoms with E-state index in [-0.39, 0.29) is 6.10 Å². The van der Waals surface area contributed by atoms with Crippen LogP contribution in [0, 0.1) is 0 Å². The van der Waals surface area contributed by atoms with Gasteiger partial charge in [0.1, 0.15) is 11.9 Å². The maximum Gasteiger partial charge on any atom is 0.121 e. The third-order valence-corrected chi connectivity index (χ3v) is 2.74. The zero-order valence-corrected chi connectivity index (χ0v) is 10.4. The summed E-state index contributed by atoms with van der Waals surface area (Å²) in [6.45, 7) is 5.80. The minimum absolute atomic E-state index is 0.165. The second-order valence-electron chi connectivity index (χ2n) is 4.31. The highest BCUT2D eigenvalue weighted by Crippen LogP contribution is 2.16. The van der Waals surface area contributed by atoms with E-state index in [0.29, 0.717) is 0 Å². The van der Waals surface area contributed by atoms with E-state index in [1.165, 1.54) is 18.4 Å². The van der Waals surface area contributed by atoms with Crippen molar-refractivity contribution in [2.45, 2.75) is 52.2 Å². The summed E-state index contributed by atoms with van der Waals surface area (Å²) < 4.78 is 5.59. The van der Waals surface area contributed by atoms with E-state index in [1.54, 1.807) is 6.92 Å². The molecule has 0 aliphatic rings. The number of aliphatic hydroxyl groups excluding tert-OH is 1. The second kappa shape index (κ2) is 6.54. The summed E-state index contributed by atoms with van der Waals surface area (Å²) in [5, 5.41) is 9.33. The van der Waals surface area contributed by atoms with Gasteiger partial charge in [-0.2, -0.15) is 0 Å². The van der Waals surface area contributed by atoms with Gasteiger partial charge in [-0.3, -0.25) is 0 Å². The Bertz CT molecular complexity index is 290. The minimum Gasteiger partial charge on any atom is -0.488 e. The summed E-state index contributed by atoms with van der Waals surface area (Å²) in [4.78, 5) is 0. The number of hydrogen-bond donors (Lipinski definition) is 1. The molecular formula is C14H22O2. The molecule has 0 saturated heterocycles. The first-order chi connectivity index (χ1) is 7.63. The van der Waals surface area contributed by atoms with Crippen LogP contribution < -0.4 is 4.74 Å². The minimum atomic E-state index is -0.445. The first kappa shape index (κ1) is 13.0. The lowest BCUT2D eigenvalue weighted by atomic mass is 10.1. The number of hydrogen-bond acceptors (Lipinski definition) is 2. The van der Waals surface area contributed by atoms with E-state index >= 15 is 0 Å². The lowest BCUT2D eigenvalue weighted by molar-refractivity contribution is 0.0604. The van der Waals surface area contributed by atoms with Crippen molar-refractivity contribution in [2.75, 3.05) is 0 Å². The molecule has 16 heavy (non-hydrogen) atoms. The van der Waals surface area contributed by atoms with Gasteiger partial charge < -0.3 is 9.84 Å². The van der Waals surface area contributed by atoms with Crippen LogP contribution in [-0.2, 0) is 6.42 Å². The Balaban J connectivity index is 2.51. The van der Waals surface area contributed by atoms with Crippen molar-refractivity contribution in [3.05, 3.63) is 29.8 Å². The lowest BCUT2D eigenvalue weighted by Gasteiger charge is -2.17. The van der Waals surface area contributed by atoms with Crippen LogP contribution >= 0.6 is 0 Å². The van der Waals surface area contributed by atoms with Gasteiger partial charge in [-0.15, -0.1) is 0 Å². The SMILES string of the molecule is CCCCc1ccc(OC(C)[C@@H](C)O)cc1. The molecule has 1 aromatic carbocycles. The Kier molecular flexibility index (Phi) is 5.33. The quantitative estimate of drug-likeness (QED) is 0.801. The van der Waals surface area contributed by atoms with E-state index in [2.05, 4.69) is 19.1 Å². The van der Waals surface area contributed by atoms with Crippen LogP contribution in [0.15, 0.2) is 24.3 Å². The topological polar surface area (TPSA) is 29.5 Å². The zero-order valence-electron chi connectivity index (χ0n) is 10.4. The molecule has 0 aromatic heterocycles. The highest BCUT2D eigenvalue weighted by atomic mass is 16.5. The monoisotopic (exact) mass is 222 g/mol. The molecule has 1 unspecified atom stereocenters. The fourth-order valence-electron chi connectivity index (χ4n) is 1.43. The number of ether oxygens (including phenoxy) is 1. The molecule has 0 bridgehead atoms. The zero-order chi connectivity index (χ0) is 12.0. The number of unbranched alkanes of at least 4 members (excludes halogenated alkanes) is 1. The van der Waals surface area contributed by atoms with Crippen molar-refractivity contribution < 1.29 is 9.84 Å². The Morgan fingerprint density at radius 1 is 1.19 bits per heavy atom. The highest BCUT2D eigenvalue weighted by molar-refractivity contribution is 5.27. The Hall–Kier alpha value is -1.02. The van der Waals surface area contributed by atoms with Gasteiger partial charge in [0.05, 0.1) is 6.10 Å². The highest BCUT2D eigenvalue weighted by Gasteiger charge is 2.09. The summed E-state index contributed by atoms with van der Waals surface area (Å²) in [6.07, 6.45) is 2.96. The van der Waals surface area contributed by atoms with Crippen LogP contribution in [0.3, 0.4) is 0 Å². The molecular weight excluding hydrogens is 200 g/mol. The van der Waals surface area contributed by atoms with Crippen LogP contribution in [0.5, 0.6) is 5.75 Å². The first-order valence-electron chi connectivity index (χ1n) is 6.07. The molecule has 0 heterocycles. The van der Waals surface area contributed by atoms with Gasteiger partial charge in [-0.1, -0.05) is 25.5 Å². The van der Waals surface area contributed by atoms with Crippen LogP contribution in [0.2, 0.25) is 0 Å². The Morgan fingerprint density at radius 2 is 1.81 bits per heavy atom. The third-order valence-electron chi connectivity index (χ3n) is 2.74. The molecule has 0 saturated carbocycles. The van der Waals surface area contributed by atoms with Crippen molar-refractivity contribution in [1.29, 1.82) is 0 Å². The maximum atomic E-state index is 9.33. The molecule has 2 nitrogen and oxygen atoms in total. The van der Waals surface area contributed by atoms with Crippen molar-refractivity contribution in [2.24, 2.45) is 0 Å². The third kappa shape index (κ3) is 4.23. The molecule has 0 aliphatic carbocycles. The van der Waals surface area contributed by atoms with E-state index in [4.69, 9.17) is 4.74 Å². The fraction of sp³-hybridized carbons (Fsp3) is 0.571. The molecule has 90 valence electrons. The van der Waals surface area contributed by atoms with Crippen LogP contribution in [0.4, 0.5) is 0 Å². The average Bonchev–Trinajstić information content (AvgIpc) is 2.28. The number of rotatable bonds is 6. The Labute approximate surface area is 98.3 Å². The van der Waals surface area contributed by atoms with E-state index in [0.717, 1.165) is 12.2 Å². The first-order valence-corrected chi connectivity index (χ1v) is 6.07. The van der Waals surface area contributed by atoms with Crippen LogP contribution in [0.1, 0.15) is 39.2 Å². The van der Waals surface area contributed by atoms with Gasteiger partial charge in [0.15, 0.2) is 0 Å². The van der Waals surface area contributed by atoms with Gasteiger partial charge in [0.2, 0.25) is 0 Å². The average molecular weight is 222 g/mol. The lowest BCUT2D eigenvalue weighted by Crippen LogP contribution is -2.25. The number of aryl methyl sites for hydroxylation is 1. The summed E-state index contributed by atoms with van der Waals surface area (Å²) in [5.74, 6) is 0.827. The van der Waals surface area contributed by atoms with E-state index in [9.17, 15) is 5.11 Å². The fourth-order valence-corrected chi connectivity index (χ4v) is 1.43. The molecule has 0 spiro atoms. The van der Waals surface area contributed by atoms with Crippen LogP contribution in [0.25, 0.3) is 0 Å². The second-order valence-corrected chi connectivity index (χ2v) is 4.31. The van der Waals surface area contributed by atoms with Crippen molar-refractivity contribution in [3.63, 3.8) is 0 Å². The van der Waals surface area contributed by atoms with Gasteiger partial charge in [0, 0.05) is 0 Å². The number of benzene rings is 1. The predicted molar refractivity (Wildman–Crippen MR) is 66.8 cm³/mol. The summed E-state index contributed by atoms with van der Waals surface area (Å²) in [7, 11) is 0. The summed E-state index contributed by atoms with van der Waals surface area (Å²) in [6, 6.07) is 8.15. The molecule has 0 aliphatic heterocycles. The molecule has 0 amide bonds. The maximum absolute atomic E-state index is 9.33. The molecule has 0 radical (unpaired) electrons. The van der Waals surface area contributed by atoms with E-state index in [1.807, 2.05) is 19.1 Å². The Morgan fingerprint density at radius 3 is 2.31 bits per heavy atom. The van der Waals surface area contributed by atoms with Gasteiger partial charge in [-0.05, 0) is 44.4 Å². The predicted octanol–water partition coefficient (Wildman–Crippen LogP) is 3.18. The largest absolute Gasteiger partial charge is 0.488 e. The van der Waals surface area contributed by atoms with E-state index < -0.39 is 6.10 Å². The van der Waals surface area contributed by atoms with Crippen molar-refractivity contribution in [1.82, 2.24) is 0 Å². The molecule has 2 atom stereocenters. The summed E-state index contributed by atoms with van der Waals surface area (Å²) >= 11 is 0. The standard InChI is InChI=1S/C14H22O2/c1-4-5-6-13-7-9-14(10-8-13)16-12(3)11(2)15/h7-12,15H,4-6H2,1-3H3/t11-,12?/m1/s1. The molecule has 2 heteroatoms. The van der Waals surface area contributed by atoms with Crippen LogP contribution in [-0.4, -0.2) is 17.3 Å². The van der Waals surface area contributed by atoms with Gasteiger partial charge in [-0.25, -0.2) is 0 Å². The van der Waals surface area contributed by atoms with Gasteiger partial charge >= 0.3 is 0 Å². The normalized spacial score (nSPS) is 14.5. The van der Waals surface area contributed by atoms with Gasteiger partial charge in [0.25, 0.3) is 0 Å². The molecule has 1 rings (SSSR count). The van der Waals surface area contributed by atoms with Crippen molar-refractivity contribution in [3.8, 4) is 5.75 Å². The molecule has 0 fully saturated rings.